The number of piperazine rings is 1. The maximum atomic E-state index is 13.6. The van der Waals surface area contributed by atoms with Crippen LogP contribution in [0.25, 0.3) is 0 Å². The maximum Gasteiger partial charge on any atom is 0.260 e. The first kappa shape index (κ1) is 21.3. The molecule has 0 N–H and O–H groups in total. The van der Waals surface area contributed by atoms with Gasteiger partial charge in [0.25, 0.3) is 5.91 Å². The van der Waals surface area contributed by atoms with Gasteiger partial charge in [0.05, 0.1) is 4.90 Å². The van der Waals surface area contributed by atoms with Crippen molar-refractivity contribution in [2.45, 2.75) is 25.7 Å². The second-order valence-electron chi connectivity index (χ2n) is 7.23. The number of ether oxygens (including phenoxy) is 1. The number of carbonyl (C=O) groups is 1. The second kappa shape index (κ2) is 8.51. The van der Waals surface area contributed by atoms with E-state index in [-0.39, 0.29) is 44.4 Å². The predicted molar refractivity (Wildman–Crippen MR) is 108 cm³/mol. The molecule has 2 aromatic rings. The molecule has 29 heavy (non-hydrogen) atoms. The average Bonchev–Trinajstić information content (AvgIpc) is 2.66. The molecule has 0 atom stereocenters. The van der Waals surface area contributed by atoms with Gasteiger partial charge in [-0.3, -0.25) is 4.79 Å². The summed E-state index contributed by atoms with van der Waals surface area (Å²) in [4.78, 5) is 14.2. The number of hydrogen-bond acceptors (Lipinski definition) is 4. The normalized spacial score (nSPS) is 15.4. The monoisotopic (exact) mass is 420 g/mol. The summed E-state index contributed by atoms with van der Waals surface area (Å²) in [6, 6.07) is 9.61. The summed E-state index contributed by atoms with van der Waals surface area (Å²) in [6.07, 6.45) is 0. The highest BCUT2D eigenvalue weighted by Crippen LogP contribution is 2.26. The van der Waals surface area contributed by atoms with Gasteiger partial charge in [-0.2, -0.15) is 4.31 Å². The molecule has 2 aromatic carbocycles. The number of carbonyl (C=O) groups excluding carboxylic acids is 1. The van der Waals surface area contributed by atoms with Crippen LogP contribution in [-0.4, -0.2) is 56.3 Å². The van der Waals surface area contributed by atoms with Crippen LogP contribution in [-0.2, 0) is 14.8 Å². The van der Waals surface area contributed by atoms with Crippen LogP contribution in [0.4, 0.5) is 4.39 Å². The summed E-state index contributed by atoms with van der Waals surface area (Å²) in [5.74, 6) is -0.805. The molecule has 6 nitrogen and oxygen atoms in total. The van der Waals surface area contributed by atoms with Crippen molar-refractivity contribution in [2.24, 2.45) is 0 Å². The van der Waals surface area contributed by atoms with Gasteiger partial charge in [0.1, 0.15) is 0 Å². The summed E-state index contributed by atoms with van der Waals surface area (Å²) in [5, 5.41) is 0. The Morgan fingerprint density at radius 2 is 1.62 bits per heavy atom. The van der Waals surface area contributed by atoms with Gasteiger partial charge in [0.15, 0.2) is 18.2 Å². The van der Waals surface area contributed by atoms with Crippen LogP contribution >= 0.6 is 0 Å². The van der Waals surface area contributed by atoms with E-state index in [2.05, 4.69) is 0 Å². The molecule has 1 fully saturated rings. The van der Waals surface area contributed by atoms with Crippen molar-refractivity contribution in [1.29, 1.82) is 0 Å². The van der Waals surface area contributed by atoms with Gasteiger partial charge >= 0.3 is 0 Å². The van der Waals surface area contributed by atoms with Gasteiger partial charge < -0.3 is 9.64 Å². The lowest BCUT2D eigenvalue weighted by Crippen LogP contribution is -2.51. The number of rotatable bonds is 5. The van der Waals surface area contributed by atoms with E-state index >= 15 is 0 Å². The maximum absolute atomic E-state index is 13.6. The number of sulfonamides is 1. The molecule has 156 valence electrons. The molecule has 0 aromatic heterocycles. The minimum atomic E-state index is -3.64. The molecule has 1 amide bonds. The number of benzene rings is 2. The first-order valence-electron chi connectivity index (χ1n) is 9.43. The fourth-order valence-electron chi connectivity index (χ4n) is 3.67. The van der Waals surface area contributed by atoms with E-state index in [1.54, 1.807) is 30.9 Å². The Morgan fingerprint density at radius 1 is 1.03 bits per heavy atom. The number of aryl methyl sites for hydroxylation is 3. The Balaban J connectivity index is 1.63. The fourth-order valence-corrected chi connectivity index (χ4v) is 5.51. The molecule has 0 aliphatic carbocycles. The summed E-state index contributed by atoms with van der Waals surface area (Å²) in [7, 11) is -3.64. The highest BCUT2D eigenvalue weighted by atomic mass is 32.2. The van der Waals surface area contributed by atoms with Crippen LogP contribution in [0.15, 0.2) is 41.3 Å². The van der Waals surface area contributed by atoms with E-state index in [0.717, 1.165) is 16.7 Å². The zero-order valence-electron chi connectivity index (χ0n) is 16.8. The van der Waals surface area contributed by atoms with Crippen molar-refractivity contribution in [3.8, 4) is 5.75 Å². The van der Waals surface area contributed by atoms with Crippen LogP contribution < -0.4 is 4.74 Å². The van der Waals surface area contributed by atoms with Crippen LogP contribution in [0.3, 0.4) is 0 Å². The van der Waals surface area contributed by atoms with Crippen molar-refractivity contribution in [1.82, 2.24) is 9.21 Å². The van der Waals surface area contributed by atoms with Gasteiger partial charge in [0.2, 0.25) is 10.0 Å². The van der Waals surface area contributed by atoms with Gasteiger partial charge in [-0.15, -0.1) is 0 Å². The predicted octanol–water partition coefficient (Wildman–Crippen LogP) is 2.66. The van der Waals surface area contributed by atoms with Crippen LogP contribution in [0.1, 0.15) is 16.7 Å². The largest absolute Gasteiger partial charge is 0.481 e. The highest BCUT2D eigenvalue weighted by molar-refractivity contribution is 7.89. The first-order valence-corrected chi connectivity index (χ1v) is 10.9. The van der Waals surface area contributed by atoms with Gasteiger partial charge in [0, 0.05) is 26.2 Å². The summed E-state index contributed by atoms with van der Waals surface area (Å²) >= 11 is 0. The molecule has 0 unspecified atom stereocenters. The molecule has 3 rings (SSSR count). The van der Waals surface area contributed by atoms with E-state index in [1.807, 2.05) is 19.1 Å². The summed E-state index contributed by atoms with van der Waals surface area (Å²) in [6.45, 7) is 6.19. The van der Waals surface area contributed by atoms with E-state index < -0.39 is 15.8 Å². The number of halogens is 1. The van der Waals surface area contributed by atoms with Crippen molar-refractivity contribution < 1.29 is 22.3 Å². The van der Waals surface area contributed by atoms with Crippen molar-refractivity contribution >= 4 is 15.9 Å². The standard InChI is InChI=1S/C21H25FN2O4S/c1-15-12-16(2)21(17(3)13-15)29(26,27)24-10-8-23(9-11-24)20(25)14-28-19-7-5-4-6-18(19)22/h4-7,12-13H,8-11,14H2,1-3H3. The zero-order chi connectivity index (χ0) is 21.2. The lowest BCUT2D eigenvalue weighted by molar-refractivity contribution is -0.134. The lowest BCUT2D eigenvalue weighted by Gasteiger charge is -2.34. The van der Waals surface area contributed by atoms with E-state index in [1.165, 1.54) is 16.4 Å². The Bertz CT molecular complexity index is 992. The molecular weight excluding hydrogens is 395 g/mol. The molecule has 1 aliphatic heterocycles. The van der Waals surface area contributed by atoms with Crippen LogP contribution in [0, 0.1) is 26.6 Å². The molecule has 1 saturated heterocycles. The molecule has 8 heteroatoms. The van der Waals surface area contributed by atoms with Crippen LogP contribution in [0.5, 0.6) is 5.75 Å². The van der Waals surface area contributed by atoms with E-state index in [0.29, 0.717) is 4.90 Å². The summed E-state index contributed by atoms with van der Waals surface area (Å²) in [5.41, 5.74) is 2.46. The number of amides is 1. The van der Waals surface area contributed by atoms with E-state index in [4.69, 9.17) is 4.74 Å². The summed E-state index contributed by atoms with van der Waals surface area (Å²) < 4.78 is 46.5. The lowest BCUT2D eigenvalue weighted by atomic mass is 10.1. The molecule has 0 bridgehead atoms. The van der Waals surface area contributed by atoms with Gasteiger partial charge in [-0.1, -0.05) is 29.8 Å². The SMILES string of the molecule is Cc1cc(C)c(S(=O)(=O)N2CCN(C(=O)COc3ccccc3F)CC2)c(C)c1. The first-order chi connectivity index (χ1) is 13.7. The van der Waals surface area contributed by atoms with Crippen molar-refractivity contribution in [2.75, 3.05) is 32.8 Å². The van der Waals surface area contributed by atoms with E-state index in [9.17, 15) is 17.6 Å². The van der Waals surface area contributed by atoms with Crippen molar-refractivity contribution in [3.05, 3.63) is 58.9 Å². The number of nitrogens with zero attached hydrogens (tertiary/aromatic N) is 2. The Kier molecular flexibility index (Phi) is 6.24. The molecule has 0 spiro atoms. The van der Waals surface area contributed by atoms with Gasteiger partial charge in [-0.05, 0) is 44.0 Å². The Labute approximate surface area is 170 Å². The third-order valence-electron chi connectivity index (χ3n) is 4.98. The highest BCUT2D eigenvalue weighted by Gasteiger charge is 2.32. The number of hydrogen-bond donors (Lipinski definition) is 0. The fraction of sp³-hybridized carbons (Fsp3) is 0.381. The molecule has 0 saturated carbocycles. The topological polar surface area (TPSA) is 66.9 Å². The third-order valence-corrected chi connectivity index (χ3v) is 7.19. The Hall–Kier alpha value is -2.45. The minimum Gasteiger partial charge on any atom is -0.481 e. The Morgan fingerprint density at radius 3 is 2.21 bits per heavy atom. The second-order valence-corrected chi connectivity index (χ2v) is 9.11. The third kappa shape index (κ3) is 4.59. The molecular formula is C21H25FN2O4S. The average molecular weight is 421 g/mol. The smallest absolute Gasteiger partial charge is 0.260 e. The molecule has 0 radical (unpaired) electrons. The zero-order valence-corrected chi connectivity index (χ0v) is 17.6. The number of para-hydroxylation sites is 1. The van der Waals surface area contributed by atoms with Gasteiger partial charge in [-0.25, -0.2) is 12.8 Å². The minimum absolute atomic E-state index is 0.0207. The van der Waals surface area contributed by atoms with Crippen LogP contribution in [0.2, 0.25) is 0 Å². The quantitative estimate of drug-likeness (QED) is 0.746. The molecule has 1 heterocycles. The molecule has 1 aliphatic rings. The van der Waals surface area contributed by atoms with Crippen molar-refractivity contribution in [3.63, 3.8) is 0 Å².